The first-order valence-corrected chi connectivity index (χ1v) is 6.75. The zero-order valence-electron chi connectivity index (χ0n) is 12.4. The van der Waals surface area contributed by atoms with Crippen molar-refractivity contribution in [1.82, 2.24) is 0 Å². The van der Waals surface area contributed by atoms with Gasteiger partial charge < -0.3 is 14.2 Å². The molecule has 0 saturated heterocycles. The van der Waals surface area contributed by atoms with Crippen LogP contribution in [0, 0.1) is 17.0 Å². The molecule has 0 unspecified atom stereocenters. The van der Waals surface area contributed by atoms with Gasteiger partial charge in [-0.2, -0.15) is 0 Å². The highest BCUT2D eigenvalue weighted by atomic mass is 16.6. The molecule has 0 bridgehead atoms. The second-order valence-electron chi connectivity index (χ2n) is 4.60. The van der Waals surface area contributed by atoms with Crippen molar-refractivity contribution in [3.05, 3.63) is 58.1 Å². The molecule has 2 aromatic carbocycles. The van der Waals surface area contributed by atoms with Gasteiger partial charge in [0.05, 0.1) is 18.1 Å². The van der Waals surface area contributed by atoms with Gasteiger partial charge in [0.25, 0.3) is 0 Å². The Morgan fingerprint density at radius 2 is 1.82 bits per heavy atom. The first kappa shape index (κ1) is 15.6. The minimum Gasteiger partial charge on any atom is -0.496 e. The van der Waals surface area contributed by atoms with E-state index in [1.165, 1.54) is 19.2 Å². The van der Waals surface area contributed by atoms with Crippen LogP contribution in [-0.2, 0) is 0 Å². The lowest BCUT2D eigenvalue weighted by molar-refractivity contribution is -0.385. The van der Waals surface area contributed by atoms with Crippen LogP contribution in [0.15, 0.2) is 42.5 Å². The molecule has 2 aromatic rings. The Balaban J connectivity index is 1.93. The second-order valence-corrected chi connectivity index (χ2v) is 4.60. The van der Waals surface area contributed by atoms with E-state index in [4.69, 9.17) is 14.2 Å². The Hall–Kier alpha value is -2.76. The third-order valence-corrected chi connectivity index (χ3v) is 2.96. The topological polar surface area (TPSA) is 70.8 Å². The van der Waals surface area contributed by atoms with Crippen LogP contribution in [0.1, 0.15) is 5.56 Å². The molecule has 2 rings (SSSR count). The number of hydrogen-bond donors (Lipinski definition) is 0. The van der Waals surface area contributed by atoms with Crippen LogP contribution in [0.5, 0.6) is 17.2 Å². The van der Waals surface area contributed by atoms with Crippen molar-refractivity contribution in [2.24, 2.45) is 0 Å². The molecule has 0 N–H and O–H groups in total. The van der Waals surface area contributed by atoms with Crippen molar-refractivity contribution >= 4 is 5.69 Å². The monoisotopic (exact) mass is 303 g/mol. The standard InChI is InChI=1S/C16H17NO5/c1-12-4-3-5-14(10-12)21-8-9-22-16-7-6-13(20-2)11-15(16)17(18)19/h3-7,10-11H,8-9H2,1-2H3. The van der Waals surface area contributed by atoms with E-state index >= 15 is 0 Å². The van der Waals surface area contributed by atoms with E-state index < -0.39 is 4.92 Å². The van der Waals surface area contributed by atoms with Crippen LogP contribution >= 0.6 is 0 Å². The van der Waals surface area contributed by atoms with Crippen molar-refractivity contribution in [1.29, 1.82) is 0 Å². The Bertz CT molecular complexity index is 657. The van der Waals surface area contributed by atoms with E-state index in [2.05, 4.69) is 0 Å². The van der Waals surface area contributed by atoms with Gasteiger partial charge in [-0.25, -0.2) is 0 Å². The Kier molecular flexibility index (Phi) is 5.19. The molecule has 0 fully saturated rings. The summed E-state index contributed by atoms with van der Waals surface area (Å²) in [6.45, 7) is 2.48. The van der Waals surface area contributed by atoms with Crippen molar-refractivity contribution in [3.8, 4) is 17.2 Å². The van der Waals surface area contributed by atoms with Crippen LogP contribution in [0.25, 0.3) is 0 Å². The second kappa shape index (κ2) is 7.31. The van der Waals surface area contributed by atoms with Crippen LogP contribution in [0.4, 0.5) is 5.69 Å². The largest absolute Gasteiger partial charge is 0.496 e. The minimum absolute atomic E-state index is 0.130. The van der Waals surface area contributed by atoms with Crippen molar-refractivity contribution < 1.29 is 19.1 Å². The maximum Gasteiger partial charge on any atom is 0.314 e. The van der Waals surface area contributed by atoms with E-state index in [1.807, 2.05) is 31.2 Å². The van der Waals surface area contributed by atoms with Gasteiger partial charge in [-0.15, -0.1) is 0 Å². The molecule has 0 radical (unpaired) electrons. The Morgan fingerprint density at radius 3 is 2.50 bits per heavy atom. The molecule has 0 heterocycles. The Labute approximate surface area is 128 Å². The number of aryl methyl sites for hydroxylation is 1. The minimum atomic E-state index is -0.501. The first-order chi connectivity index (χ1) is 10.6. The summed E-state index contributed by atoms with van der Waals surface area (Å²) in [5.74, 6) is 1.35. The van der Waals surface area contributed by atoms with E-state index in [-0.39, 0.29) is 18.0 Å². The van der Waals surface area contributed by atoms with E-state index in [1.54, 1.807) is 6.07 Å². The first-order valence-electron chi connectivity index (χ1n) is 6.75. The number of benzene rings is 2. The lowest BCUT2D eigenvalue weighted by Gasteiger charge is -2.09. The lowest BCUT2D eigenvalue weighted by atomic mass is 10.2. The van der Waals surface area contributed by atoms with Gasteiger partial charge in [0.15, 0.2) is 5.75 Å². The summed E-state index contributed by atoms with van der Waals surface area (Å²) >= 11 is 0. The van der Waals surface area contributed by atoms with Gasteiger partial charge in [-0.05, 0) is 36.8 Å². The SMILES string of the molecule is COc1ccc(OCCOc2cccc(C)c2)c([N+](=O)[O-])c1. The van der Waals surface area contributed by atoms with Crippen LogP contribution in [0.2, 0.25) is 0 Å². The molecule has 0 spiro atoms. The molecule has 116 valence electrons. The smallest absolute Gasteiger partial charge is 0.314 e. The number of nitro benzene ring substituents is 1. The molecule has 6 nitrogen and oxygen atoms in total. The molecular formula is C16H17NO5. The molecule has 0 aromatic heterocycles. The third kappa shape index (κ3) is 4.12. The predicted octanol–water partition coefficient (Wildman–Crippen LogP) is 3.37. The molecule has 0 aliphatic rings. The predicted molar refractivity (Wildman–Crippen MR) is 81.8 cm³/mol. The van der Waals surface area contributed by atoms with E-state index in [0.29, 0.717) is 12.4 Å². The zero-order valence-corrected chi connectivity index (χ0v) is 12.4. The molecule has 0 aliphatic heterocycles. The van der Waals surface area contributed by atoms with Crippen LogP contribution in [-0.4, -0.2) is 25.2 Å². The molecule has 0 atom stereocenters. The van der Waals surface area contributed by atoms with Crippen molar-refractivity contribution in [2.45, 2.75) is 6.92 Å². The number of ether oxygens (including phenoxy) is 3. The molecule has 0 amide bonds. The maximum atomic E-state index is 11.0. The summed E-state index contributed by atoms with van der Waals surface area (Å²) in [6, 6.07) is 12.1. The molecule has 22 heavy (non-hydrogen) atoms. The molecule has 0 saturated carbocycles. The fraction of sp³-hybridized carbons (Fsp3) is 0.250. The van der Waals surface area contributed by atoms with Gasteiger partial charge in [0.1, 0.15) is 24.7 Å². The molecule has 0 aliphatic carbocycles. The fourth-order valence-electron chi connectivity index (χ4n) is 1.91. The van der Waals surface area contributed by atoms with Gasteiger partial charge >= 0.3 is 5.69 Å². The summed E-state index contributed by atoms with van der Waals surface area (Å²) in [5, 5.41) is 11.0. The highest BCUT2D eigenvalue weighted by molar-refractivity contribution is 5.50. The van der Waals surface area contributed by atoms with E-state index in [0.717, 1.165) is 11.3 Å². The summed E-state index contributed by atoms with van der Waals surface area (Å²) in [5.41, 5.74) is 0.971. The van der Waals surface area contributed by atoms with Crippen LogP contribution < -0.4 is 14.2 Å². The quantitative estimate of drug-likeness (QED) is 0.445. The highest BCUT2D eigenvalue weighted by Gasteiger charge is 2.16. The van der Waals surface area contributed by atoms with Gasteiger partial charge in [-0.1, -0.05) is 12.1 Å². The maximum absolute atomic E-state index is 11.0. The summed E-state index contributed by atoms with van der Waals surface area (Å²) in [6.07, 6.45) is 0. The number of methoxy groups -OCH3 is 1. The summed E-state index contributed by atoms with van der Waals surface area (Å²) in [4.78, 5) is 10.5. The van der Waals surface area contributed by atoms with Gasteiger partial charge in [-0.3, -0.25) is 10.1 Å². The van der Waals surface area contributed by atoms with Gasteiger partial charge in [0.2, 0.25) is 0 Å². The highest BCUT2D eigenvalue weighted by Crippen LogP contribution is 2.30. The molecule has 6 heteroatoms. The number of nitrogens with zero attached hydrogens (tertiary/aromatic N) is 1. The lowest BCUT2D eigenvalue weighted by Crippen LogP contribution is -2.10. The Morgan fingerprint density at radius 1 is 1.05 bits per heavy atom. The average Bonchev–Trinajstić information content (AvgIpc) is 2.51. The summed E-state index contributed by atoms with van der Waals surface area (Å²) in [7, 11) is 1.45. The van der Waals surface area contributed by atoms with Crippen molar-refractivity contribution in [2.75, 3.05) is 20.3 Å². The molecular weight excluding hydrogens is 286 g/mol. The van der Waals surface area contributed by atoms with Crippen molar-refractivity contribution in [3.63, 3.8) is 0 Å². The summed E-state index contributed by atoms with van der Waals surface area (Å²) < 4.78 is 15.9. The fourth-order valence-corrected chi connectivity index (χ4v) is 1.91. The normalized spacial score (nSPS) is 10.1. The van der Waals surface area contributed by atoms with E-state index in [9.17, 15) is 10.1 Å². The third-order valence-electron chi connectivity index (χ3n) is 2.96. The number of hydrogen-bond acceptors (Lipinski definition) is 5. The average molecular weight is 303 g/mol. The number of nitro groups is 1. The number of rotatable bonds is 7. The van der Waals surface area contributed by atoms with Crippen LogP contribution in [0.3, 0.4) is 0 Å². The van der Waals surface area contributed by atoms with Gasteiger partial charge in [0, 0.05) is 0 Å². The zero-order chi connectivity index (χ0) is 15.9.